The number of rotatable bonds is 6. The summed E-state index contributed by atoms with van der Waals surface area (Å²) in [4.78, 5) is 6.88. The highest BCUT2D eigenvalue weighted by atomic mass is 15.1. The van der Waals surface area contributed by atoms with Gasteiger partial charge in [0.2, 0.25) is 0 Å². The predicted molar refractivity (Wildman–Crippen MR) is 70.8 cm³/mol. The Morgan fingerprint density at radius 3 is 2.88 bits per heavy atom. The summed E-state index contributed by atoms with van der Waals surface area (Å²) >= 11 is 0. The van der Waals surface area contributed by atoms with Gasteiger partial charge in [-0.3, -0.25) is 4.98 Å². The summed E-state index contributed by atoms with van der Waals surface area (Å²) in [5.41, 5.74) is 1.13. The molecule has 0 saturated carbocycles. The minimum atomic E-state index is 0.719. The van der Waals surface area contributed by atoms with E-state index >= 15 is 0 Å². The molecule has 3 nitrogen and oxygen atoms in total. The van der Waals surface area contributed by atoms with Crippen molar-refractivity contribution in [3.05, 3.63) is 30.1 Å². The first-order valence-electron chi connectivity index (χ1n) is 6.67. The Balaban J connectivity index is 1.61. The van der Waals surface area contributed by atoms with Gasteiger partial charge in [0.25, 0.3) is 0 Å². The lowest BCUT2D eigenvalue weighted by atomic mass is 10.1. The zero-order valence-electron chi connectivity index (χ0n) is 10.7. The summed E-state index contributed by atoms with van der Waals surface area (Å²) in [5, 5.41) is 3.49. The average molecular weight is 233 g/mol. The molecule has 1 fully saturated rings. The van der Waals surface area contributed by atoms with Crippen LogP contribution in [0, 0.1) is 5.92 Å². The molecule has 1 saturated heterocycles. The second kappa shape index (κ2) is 6.72. The first-order chi connectivity index (χ1) is 8.34. The molecule has 2 rings (SSSR count). The average Bonchev–Trinajstić information content (AvgIpc) is 2.83. The van der Waals surface area contributed by atoms with Gasteiger partial charge in [0.15, 0.2) is 0 Å². The number of nitrogens with zero attached hydrogens (tertiary/aromatic N) is 2. The third kappa shape index (κ3) is 4.44. The van der Waals surface area contributed by atoms with Crippen molar-refractivity contribution in [2.75, 3.05) is 26.2 Å². The molecule has 1 aliphatic heterocycles. The van der Waals surface area contributed by atoms with E-state index in [1.165, 1.54) is 32.5 Å². The highest BCUT2D eigenvalue weighted by Gasteiger charge is 2.14. The number of hydrogen-bond acceptors (Lipinski definition) is 3. The van der Waals surface area contributed by atoms with E-state index in [1.807, 2.05) is 18.3 Å². The predicted octanol–water partition coefficient (Wildman–Crippen LogP) is 1.90. The Bertz CT molecular complexity index is 307. The molecule has 1 aliphatic rings. The monoisotopic (exact) mass is 233 g/mol. The lowest BCUT2D eigenvalue weighted by molar-refractivity contribution is 0.282. The van der Waals surface area contributed by atoms with Crippen LogP contribution in [0.15, 0.2) is 24.4 Å². The topological polar surface area (TPSA) is 28.2 Å². The number of pyridine rings is 1. The summed E-state index contributed by atoms with van der Waals surface area (Å²) in [7, 11) is 0. The second-order valence-corrected chi connectivity index (χ2v) is 5.06. The van der Waals surface area contributed by atoms with Crippen LogP contribution in [0.1, 0.15) is 25.5 Å². The highest BCUT2D eigenvalue weighted by molar-refractivity contribution is 5.02. The van der Waals surface area contributed by atoms with Crippen LogP contribution in [0.5, 0.6) is 0 Å². The van der Waals surface area contributed by atoms with Gasteiger partial charge in [-0.2, -0.15) is 0 Å². The molecule has 0 bridgehead atoms. The van der Waals surface area contributed by atoms with Crippen LogP contribution < -0.4 is 5.32 Å². The van der Waals surface area contributed by atoms with E-state index < -0.39 is 0 Å². The van der Waals surface area contributed by atoms with Gasteiger partial charge in [-0.15, -0.1) is 0 Å². The molecule has 1 aromatic rings. The summed E-state index contributed by atoms with van der Waals surface area (Å²) in [6.45, 7) is 8.10. The Labute approximate surface area is 104 Å². The zero-order chi connectivity index (χ0) is 11.9. The van der Waals surface area contributed by atoms with Crippen molar-refractivity contribution in [3.63, 3.8) is 0 Å². The van der Waals surface area contributed by atoms with Crippen molar-refractivity contribution < 1.29 is 0 Å². The maximum Gasteiger partial charge on any atom is 0.0541 e. The van der Waals surface area contributed by atoms with E-state index in [9.17, 15) is 0 Å². The van der Waals surface area contributed by atoms with E-state index in [1.54, 1.807) is 0 Å². The van der Waals surface area contributed by atoms with E-state index in [0.717, 1.165) is 24.7 Å². The fourth-order valence-electron chi connectivity index (χ4n) is 2.42. The minimum Gasteiger partial charge on any atom is -0.311 e. The molecule has 1 atom stereocenters. The lowest BCUT2D eigenvalue weighted by Gasteiger charge is -2.20. The molecule has 0 radical (unpaired) electrons. The molecule has 1 aromatic heterocycles. The molecule has 3 heteroatoms. The molecular weight excluding hydrogens is 210 g/mol. The number of nitrogens with one attached hydrogen (secondary N) is 1. The molecule has 2 heterocycles. The molecule has 1 N–H and O–H groups in total. The van der Waals surface area contributed by atoms with Crippen molar-refractivity contribution >= 4 is 0 Å². The molecule has 0 amide bonds. The first kappa shape index (κ1) is 12.5. The third-order valence-corrected chi connectivity index (χ3v) is 3.29. The minimum absolute atomic E-state index is 0.719. The van der Waals surface area contributed by atoms with Crippen LogP contribution >= 0.6 is 0 Å². The molecule has 0 spiro atoms. The number of hydrogen-bond donors (Lipinski definition) is 1. The van der Waals surface area contributed by atoms with Gasteiger partial charge in [-0.25, -0.2) is 0 Å². The zero-order valence-corrected chi connectivity index (χ0v) is 10.7. The molecular formula is C14H23N3. The Morgan fingerprint density at radius 2 is 2.18 bits per heavy atom. The molecule has 94 valence electrons. The highest BCUT2D eigenvalue weighted by Crippen LogP contribution is 2.09. The quantitative estimate of drug-likeness (QED) is 0.813. The fourth-order valence-corrected chi connectivity index (χ4v) is 2.42. The van der Waals surface area contributed by atoms with Crippen LogP contribution in [0.2, 0.25) is 0 Å². The smallest absolute Gasteiger partial charge is 0.0541 e. The normalized spacial score (nSPS) is 18.4. The SMILES string of the molecule is CC(CNCc1ccccn1)CN1CCCC1. The van der Waals surface area contributed by atoms with E-state index in [4.69, 9.17) is 0 Å². The van der Waals surface area contributed by atoms with Gasteiger partial charge in [-0.1, -0.05) is 13.0 Å². The lowest BCUT2D eigenvalue weighted by Crippen LogP contribution is -2.31. The van der Waals surface area contributed by atoms with Crippen LogP contribution in [0.4, 0.5) is 0 Å². The van der Waals surface area contributed by atoms with E-state index in [0.29, 0.717) is 0 Å². The maximum absolute atomic E-state index is 4.31. The van der Waals surface area contributed by atoms with Crippen molar-refractivity contribution in [1.29, 1.82) is 0 Å². The maximum atomic E-state index is 4.31. The van der Waals surface area contributed by atoms with Gasteiger partial charge in [0.1, 0.15) is 0 Å². The van der Waals surface area contributed by atoms with Crippen molar-refractivity contribution in [2.24, 2.45) is 5.92 Å². The fraction of sp³-hybridized carbons (Fsp3) is 0.643. The van der Waals surface area contributed by atoms with E-state index in [2.05, 4.69) is 28.2 Å². The molecule has 17 heavy (non-hydrogen) atoms. The standard InChI is InChI=1S/C14H23N3/c1-13(12-17-8-4-5-9-17)10-15-11-14-6-2-3-7-16-14/h2-3,6-7,13,15H,4-5,8-12H2,1H3. The Morgan fingerprint density at radius 1 is 1.35 bits per heavy atom. The van der Waals surface area contributed by atoms with Crippen LogP contribution in [-0.2, 0) is 6.54 Å². The summed E-state index contributed by atoms with van der Waals surface area (Å²) in [6, 6.07) is 6.06. The van der Waals surface area contributed by atoms with Gasteiger partial charge < -0.3 is 10.2 Å². The largest absolute Gasteiger partial charge is 0.311 e. The first-order valence-corrected chi connectivity index (χ1v) is 6.67. The van der Waals surface area contributed by atoms with Crippen LogP contribution in [0.3, 0.4) is 0 Å². The summed E-state index contributed by atoms with van der Waals surface area (Å²) < 4.78 is 0. The Hall–Kier alpha value is -0.930. The van der Waals surface area contributed by atoms with Gasteiger partial charge in [0, 0.05) is 19.3 Å². The molecule has 1 unspecified atom stereocenters. The van der Waals surface area contributed by atoms with Gasteiger partial charge in [-0.05, 0) is 50.5 Å². The van der Waals surface area contributed by atoms with Crippen LogP contribution in [-0.4, -0.2) is 36.1 Å². The van der Waals surface area contributed by atoms with Crippen molar-refractivity contribution in [3.8, 4) is 0 Å². The number of aromatic nitrogens is 1. The second-order valence-electron chi connectivity index (χ2n) is 5.06. The van der Waals surface area contributed by atoms with Crippen LogP contribution in [0.25, 0.3) is 0 Å². The van der Waals surface area contributed by atoms with Gasteiger partial charge in [0.05, 0.1) is 5.69 Å². The Kier molecular flexibility index (Phi) is 4.95. The molecule has 0 aliphatic carbocycles. The van der Waals surface area contributed by atoms with E-state index in [-0.39, 0.29) is 0 Å². The van der Waals surface area contributed by atoms with Gasteiger partial charge >= 0.3 is 0 Å². The summed E-state index contributed by atoms with van der Waals surface area (Å²) in [5.74, 6) is 0.719. The third-order valence-electron chi connectivity index (χ3n) is 3.29. The van der Waals surface area contributed by atoms with Crippen molar-refractivity contribution in [1.82, 2.24) is 15.2 Å². The number of likely N-dealkylation sites (tertiary alicyclic amines) is 1. The summed E-state index contributed by atoms with van der Waals surface area (Å²) in [6.07, 6.45) is 4.62. The molecule has 0 aromatic carbocycles. The van der Waals surface area contributed by atoms with Crippen molar-refractivity contribution in [2.45, 2.75) is 26.3 Å².